The molecule has 0 saturated heterocycles. The van der Waals surface area contributed by atoms with Gasteiger partial charge < -0.3 is 15.4 Å². The lowest BCUT2D eigenvalue weighted by Gasteiger charge is -2.11. The smallest absolute Gasteiger partial charge is 0.319 e. The topological polar surface area (TPSA) is 63.2 Å². The fraction of sp³-hybridized carbons (Fsp3) is 0.143. The Morgan fingerprint density at radius 2 is 1.89 bits per heavy atom. The van der Waals surface area contributed by atoms with Gasteiger partial charge in [0, 0.05) is 24.5 Å². The van der Waals surface area contributed by atoms with E-state index in [0.717, 1.165) is 11.1 Å². The van der Waals surface area contributed by atoms with Crippen molar-refractivity contribution < 1.29 is 13.9 Å². The van der Waals surface area contributed by atoms with Gasteiger partial charge in [0.2, 0.25) is 5.88 Å². The third-order valence-electron chi connectivity index (χ3n) is 3.92. The molecule has 0 aliphatic heterocycles. The Balaban J connectivity index is 1.52. The number of halogens is 1. The monoisotopic (exact) mass is 365 g/mol. The van der Waals surface area contributed by atoms with Gasteiger partial charge in [-0.1, -0.05) is 30.3 Å². The standard InChI is InChI=1S/C21H20FN3O2/c1-15-11-18(22)7-8-19(15)25-21(26)24-13-17-9-10-23-20(12-17)27-14-16-5-3-2-4-6-16/h2-12H,13-14H2,1H3,(H2,24,25,26). The van der Waals surface area contributed by atoms with E-state index in [0.29, 0.717) is 30.3 Å². The summed E-state index contributed by atoms with van der Waals surface area (Å²) in [5, 5.41) is 5.47. The van der Waals surface area contributed by atoms with Crippen molar-refractivity contribution >= 4 is 11.7 Å². The molecule has 0 spiro atoms. The second kappa shape index (κ2) is 8.80. The first-order chi connectivity index (χ1) is 13.1. The summed E-state index contributed by atoms with van der Waals surface area (Å²) in [7, 11) is 0. The summed E-state index contributed by atoms with van der Waals surface area (Å²) in [5.41, 5.74) is 3.14. The number of aryl methyl sites for hydroxylation is 1. The third-order valence-corrected chi connectivity index (χ3v) is 3.92. The first kappa shape index (κ1) is 18.4. The number of urea groups is 1. The van der Waals surface area contributed by atoms with Crippen molar-refractivity contribution in [2.75, 3.05) is 5.32 Å². The van der Waals surface area contributed by atoms with Gasteiger partial charge in [0.25, 0.3) is 0 Å². The average molecular weight is 365 g/mol. The molecule has 0 bridgehead atoms. The van der Waals surface area contributed by atoms with E-state index in [-0.39, 0.29) is 11.8 Å². The fourth-order valence-corrected chi connectivity index (χ4v) is 2.49. The number of rotatable bonds is 6. The summed E-state index contributed by atoms with van der Waals surface area (Å²) in [6, 6.07) is 17.2. The molecule has 2 amide bonds. The molecule has 1 aromatic heterocycles. The van der Waals surface area contributed by atoms with Crippen molar-refractivity contribution in [2.24, 2.45) is 0 Å². The lowest BCUT2D eigenvalue weighted by atomic mass is 10.2. The van der Waals surface area contributed by atoms with Crippen molar-refractivity contribution in [2.45, 2.75) is 20.1 Å². The number of nitrogens with zero attached hydrogens (tertiary/aromatic N) is 1. The number of amides is 2. The molecule has 0 fully saturated rings. The second-order valence-corrected chi connectivity index (χ2v) is 6.04. The van der Waals surface area contributed by atoms with Gasteiger partial charge in [-0.25, -0.2) is 14.2 Å². The molecule has 0 atom stereocenters. The highest BCUT2D eigenvalue weighted by Gasteiger charge is 2.06. The van der Waals surface area contributed by atoms with Crippen LogP contribution in [0.2, 0.25) is 0 Å². The number of benzene rings is 2. The van der Waals surface area contributed by atoms with Gasteiger partial charge in [0.1, 0.15) is 12.4 Å². The van der Waals surface area contributed by atoms with Crippen LogP contribution in [0, 0.1) is 12.7 Å². The molecule has 0 aliphatic rings. The highest BCUT2D eigenvalue weighted by Crippen LogP contribution is 2.16. The number of ether oxygens (including phenoxy) is 1. The van der Waals surface area contributed by atoms with Gasteiger partial charge in [-0.05, 0) is 47.9 Å². The first-order valence-electron chi connectivity index (χ1n) is 8.53. The Hall–Kier alpha value is -3.41. The predicted octanol–water partition coefficient (Wildman–Crippen LogP) is 4.43. The zero-order chi connectivity index (χ0) is 19.1. The van der Waals surface area contributed by atoms with Gasteiger partial charge in [-0.15, -0.1) is 0 Å². The van der Waals surface area contributed by atoms with Gasteiger partial charge >= 0.3 is 6.03 Å². The van der Waals surface area contributed by atoms with E-state index in [9.17, 15) is 9.18 Å². The van der Waals surface area contributed by atoms with Gasteiger partial charge in [0.05, 0.1) is 0 Å². The molecule has 3 rings (SSSR count). The molecule has 3 aromatic rings. The van der Waals surface area contributed by atoms with E-state index >= 15 is 0 Å². The minimum Gasteiger partial charge on any atom is -0.473 e. The molecular formula is C21H20FN3O2. The van der Waals surface area contributed by atoms with Gasteiger partial charge in [-0.3, -0.25) is 0 Å². The number of nitrogens with one attached hydrogen (secondary N) is 2. The Bertz CT molecular complexity index is 916. The number of hydrogen-bond donors (Lipinski definition) is 2. The molecule has 1 heterocycles. The molecule has 2 N–H and O–H groups in total. The Labute approximate surface area is 157 Å². The molecule has 5 nitrogen and oxygen atoms in total. The molecule has 0 radical (unpaired) electrons. The van der Waals surface area contributed by atoms with Crippen LogP contribution in [0.15, 0.2) is 66.9 Å². The SMILES string of the molecule is Cc1cc(F)ccc1NC(=O)NCc1ccnc(OCc2ccccc2)c1. The van der Waals surface area contributed by atoms with Crippen LogP contribution in [-0.2, 0) is 13.2 Å². The molecular weight excluding hydrogens is 345 g/mol. The number of carbonyl (C=O) groups is 1. The normalized spacial score (nSPS) is 10.3. The minimum absolute atomic E-state index is 0.316. The van der Waals surface area contributed by atoms with Gasteiger partial charge in [0.15, 0.2) is 0 Å². The van der Waals surface area contributed by atoms with E-state index in [4.69, 9.17) is 4.74 Å². The largest absolute Gasteiger partial charge is 0.473 e. The summed E-state index contributed by atoms with van der Waals surface area (Å²) in [4.78, 5) is 16.2. The number of carbonyl (C=O) groups excluding carboxylic acids is 1. The molecule has 2 aromatic carbocycles. The lowest BCUT2D eigenvalue weighted by Crippen LogP contribution is -2.28. The minimum atomic E-state index is -0.367. The highest BCUT2D eigenvalue weighted by atomic mass is 19.1. The highest BCUT2D eigenvalue weighted by molar-refractivity contribution is 5.89. The Morgan fingerprint density at radius 3 is 2.67 bits per heavy atom. The van der Waals surface area contributed by atoms with Crippen LogP contribution < -0.4 is 15.4 Å². The van der Waals surface area contributed by atoms with E-state index in [1.54, 1.807) is 25.3 Å². The zero-order valence-electron chi connectivity index (χ0n) is 14.9. The number of hydrogen-bond acceptors (Lipinski definition) is 3. The summed E-state index contributed by atoms with van der Waals surface area (Å²) < 4.78 is 18.8. The van der Waals surface area contributed by atoms with E-state index in [1.807, 2.05) is 30.3 Å². The Kier molecular flexibility index (Phi) is 5.99. The lowest BCUT2D eigenvalue weighted by molar-refractivity contribution is 0.251. The quantitative estimate of drug-likeness (QED) is 0.679. The molecule has 0 aliphatic carbocycles. The number of pyridine rings is 1. The van der Waals surface area contributed by atoms with Crippen LogP contribution in [0.1, 0.15) is 16.7 Å². The molecule has 138 valence electrons. The molecule has 0 unspecified atom stereocenters. The predicted molar refractivity (Wildman–Crippen MR) is 102 cm³/mol. The van der Waals surface area contributed by atoms with Crippen LogP contribution >= 0.6 is 0 Å². The van der Waals surface area contributed by atoms with E-state index < -0.39 is 0 Å². The van der Waals surface area contributed by atoms with Crippen molar-refractivity contribution in [3.8, 4) is 5.88 Å². The van der Waals surface area contributed by atoms with Crippen LogP contribution in [-0.4, -0.2) is 11.0 Å². The van der Waals surface area contributed by atoms with Crippen molar-refractivity contribution in [3.63, 3.8) is 0 Å². The summed E-state index contributed by atoms with van der Waals surface area (Å²) in [5.74, 6) is 0.159. The second-order valence-electron chi connectivity index (χ2n) is 6.04. The van der Waals surface area contributed by atoms with Crippen LogP contribution in [0.5, 0.6) is 5.88 Å². The number of aromatic nitrogens is 1. The van der Waals surface area contributed by atoms with E-state index in [2.05, 4.69) is 15.6 Å². The third kappa shape index (κ3) is 5.54. The average Bonchev–Trinajstić information content (AvgIpc) is 2.68. The van der Waals surface area contributed by atoms with Gasteiger partial charge in [-0.2, -0.15) is 0 Å². The first-order valence-corrected chi connectivity index (χ1v) is 8.53. The molecule has 6 heteroatoms. The van der Waals surface area contributed by atoms with Crippen LogP contribution in [0.3, 0.4) is 0 Å². The van der Waals surface area contributed by atoms with Crippen LogP contribution in [0.25, 0.3) is 0 Å². The van der Waals surface area contributed by atoms with E-state index in [1.165, 1.54) is 18.2 Å². The summed E-state index contributed by atoms with van der Waals surface area (Å²) in [6.45, 7) is 2.48. The number of anilines is 1. The van der Waals surface area contributed by atoms with Crippen molar-refractivity contribution in [1.29, 1.82) is 0 Å². The Morgan fingerprint density at radius 1 is 1.07 bits per heavy atom. The van der Waals surface area contributed by atoms with Crippen LogP contribution in [0.4, 0.5) is 14.9 Å². The summed E-state index contributed by atoms with van der Waals surface area (Å²) >= 11 is 0. The summed E-state index contributed by atoms with van der Waals surface area (Å²) in [6.07, 6.45) is 1.64. The van der Waals surface area contributed by atoms with Crippen molar-refractivity contribution in [1.82, 2.24) is 10.3 Å². The molecule has 0 saturated carbocycles. The zero-order valence-corrected chi connectivity index (χ0v) is 14.9. The maximum atomic E-state index is 13.1. The van der Waals surface area contributed by atoms with Crippen molar-refractivity contribution in [3.05, 3.63) is 89.4 Å². The maximum absolute atomic E-state index is 13.1. The fourth-order valence-electron chi connectivity index (χ4n) is 2.49. The maximum Gasteiger partial charge on any atom is 0.319 e. The molecule has 27 heavy (non-hydrogen) atoms.